The lowest BCUT2D eigenvalue weighted by Crippen LogP contribution is -2.44. The van der Waals surface area contributed by atoms with Crippen molar-refractivity contribution < 1.29 is 4.79 Å². The number of carbonyl (C=O) groups is 1. The van der Waals surface area contributed by atoms with Crippen molar-refractivity contribution in [3.05, 3.63) is 106 Å². The van der Waals surface area contributed by atoms with E-state index < -0.39 is 23.4 Å². The molecule has 0 unspecified atom stereocenters. The minimum Gasteiger partial charge on any atom is -0.351 e. The normalized spacial score (nSPS) is 21.9. The summed E-state index contributed by atoms with van der Waals surface area (Å²) in [4.78, 5) is 16.1. The minimum absolute atomic E-state index is 0.0677. The molecule has 0 bridgehead atoms. The van der Waals surface area contributed by atoms with Crippen LogP contribution < -0.4 is 4.90 Å². The van der Waals surface area contributed by atoms with E-state index in [0.29, 0.717) is 5.56 Å². The Labute approximate surface area is 201 Å². The van der Waals surface area contributed by atoms with E-state index in [4.69, 9.17) is 0 Å². The highest BCUT2D eigenvalue weighted by molar-refractivity contribution is 7.08. The first kappa shape index (κ1) is 20.4. The Morgan fingerprint density at radius 2 is 1.65 bits per heavy atom. The zero-order valence-electron chi connectivity index (χ0n) is 18.1. The highest BCUT2D eigenvalue weighted by atomic mass is 32.1. The summed E-state index contributed by atoms with van der Waals surface area (Å²) in [5.74, 6) is -0.676. The predicted octanol–water partition coefficient (Wildman–Crippen LogP) is 6.19. The molecule has 4 nitrogen and oxygen atoms in total. The smallest absolute Gasteiger partial charge is 0.186 e. The molecular formula is C29H19N3OS. The average Bonchev–Trinajstić information content (AvgIpc) is 3.53. The summed E-state index contributed by atoms with van der Waals surface area (Å²) in [6, 6.07) is 27.2. The number of Topliss-reactive ketones (excluding diaryl/α,β-unsaturated/α-hetero) is 1. The number of anilines is 1. The fraction of sp³-hybridized carbons (Fsp3) is 0.138. The largest absolute Gasteiger partial charge is 0.351 e. The van der Waals surface area contributed by atoms with Crippen molar-refractivity contribution >= 4 is 39.7 Å². The van der Waals surface area contributed by atoms with Crippen LogP contribution in [-0.2, 0) is 0 Å². The summed E-state index contributed by atoms with van der Waals surface area (Å²) in [7, 11) is 0. The fourth-order valence-corrected chi connectivity index (χ4v) is 6.23. The average molecular weight is 458 g/mol. The Bertz CT molecular complexity index is 1510. The van der Waals surface area contributed by atoms with Crippen molar-refractivity contribution in [2.75, 3.05) is 4.90 Å². The molecular weight excluding hydrogens is 438 g/mol. The van der Waals surface area contributed by atoms with Crippen molar-refractivity contribution in [1.29, 1.82) is 10.5 Å². The first-order chi connectivity index (χ1) is 16.7. The Morgan fingerprint density at radius 1 is 0.941 bits per heavy atom. The van der Waals surface area contributed by atoms with Crippen LogP contribution in [-0.4, -0.2) is 17.9 Å². The van der Waals surface area contributed by atoms with Crippen LogP contribution in [0, 0.1) is 28.1 Å². The van der Waals surface area contributed by atoms with Crippen LogP contribution >= 0.6 is 11.3 Å². The number of nitriles is 2. The van der Waals surface area contributed by atoms with E-state index in [1.807, 2.05) is 82.4 Å². The Balaban J connectivity index is 1.65. The second-order valence-corrected chi connectivity index (χ2v) is 9.55. The third-order valence-electron chi connectivity index (χ3n) is 7.11. The van der Waals surface area contributed by atoms with Gasteiger partial charge in [0.05, 0.1) is 18.2 Å². The molecule has 0 N–H and O–H groups in total. The lowest BCUT2D eigenvalue weighted by Gasteiger charge is -2.35. The zero-order valence-corrected chi connectivity index (χ0v) is 18.9. The molecule has 1 saturated heterocycles. The SMILES string of the molecule is N#CC1(C#N)[C@H](c2ccccc2)[C@H](C(=O)c2ccsc2)N2c3cc4ccccc4cc3C=C[C@@H]21. The monoisotopic (exact) mass is 457 g/mol. The summed E-state index contributed by atoms with van der Waals surface area (Å²) >= 11 is 1.47. The van der Waals surface area contributed by atoms with Crippen LogP contribution in [0.4, 0.5) is 5.69 Å². The zero-order chi connectivity index (χ0) is 23.3. The molecule has 4 aromatic rings. The third kappa shape index (κ3) is 2.78. The van der Waals surface area contributed by atoms with Crippen molar-refractivity contribution in [3.63, 3.8) is 0 Å². The molecule has 1 aromatic heterocycles. The number of hydrogen-bond acceptors (Lipinski definition) is 5. The molecule has 3 heterocycles. The number of rotatable bonds is 3. The summed E-state index contributed by atoms with van der Waals surface area (Å²) in [6.45, 7) is 0. The molecule has 1 fully saturated rings. The van der Waals surface area contributed by atoms with E-state index in [0.717, 1.165) is 27.6 Å². The van der Waals surface area contributed by atoms with Crippen LogP contribution in [0.5, 0.6) is 0 Å². The molecule has 0 amide bonds. The van der Waals surface area contributed by atoms with E-state index in [-0.39, 0.29) is 5.78 Å². The van der Waals surface area contributed by atoms with Gasteiger partial charge in [0.1, 0.15) is 6.04 Å². The van der Waals surface area contributed by atoms with Crippen LogP contribution in [0.15, 0.2) is 89.6 Å². The second-order valence-electron chi connectivity index (χ2n) is 8.77. The quantitative estimate of drug-likeness (QED) is 0.344. The molecule has 2 aliphatic heterocycles. The Hall–Kier alpha value is -4.19. The number of fused-ring (bicyclic) bond motifs is 4. The van der Waals surface area contributed by atoms with Crippen molar-refractivity contribution in [1.82, 2.24) is 0 Å². The van der Waals surface area contributed by atoms with Gasteiger partial charge in [-0.1, -0.05) is 66.7 Å². The molecule has 34 heavy (non-hydrogen) atoms. The number of thiophene rings is 1. The lowest BCUT2D eigenvalue weighted by atomic mass is 9.69. The molecule has 3 aromatic carbocycles. The Morgan fingerprint density at radius 3 is 2.32 bits per heavy atom. The summed E-state index contributed by atoms with van der Waals surface area (Å²) in [5.41, 5.74) is 1.88. The topological polar surface area (TPSA) is 67.9 Å². The Kier molecular flexibility index (Phi) is 4.62. The predicted molar refractivity (Wildman–Crippen MR) is 135 cm³/mol. The van der Waals surface area contributed by atoms with E-state index >= 15 is 0 Å². The van der Waals surface area contributed by atoms with Gasteiger partial charge in [-0.15, -0.1) is 0 Å². The number of ketones is 1. The van der Waals surface area contributed by atoms with Gasteiger partial charge in [-0.25, -0.2) is 0 Å². The first-order valence-corrected chi connectivity index (χ1v) is 12.1. The van der Waals surface area contributed by atoms with Gasteiger partial charge in [0.25, 0.3) is 0 Å². The molecule has 3 atom stereocenters. The van der Waals surface area contributed by atoms with Crippen LogP contribution in [0.25, 0.3) is 16.8 Å². The van der Waals surface area contributed by atoms with Crippen LogP contribution in [0.2, 0.25) is 0 Å². The van der Waals surface area contributed by atoms with Crippen LogP contribution in [0.3, 0.4) is 0 Å². The van der Waals surface area contributed by atoms with Gasteiger partial charge in [0.15, 0.2) is 11.2 Å². The lowest BCUT2D eigenvalue weighted by molar-refractivity contribution is 0.0951. The maximum atomic E-state index is 14.1. The molecule has 0 aliphatic carbocycles. The first-order valence-electron chi connectivity index (χ1n) is 11.1. The van der Waals surface area contributed by atoms with Crippen LogP contribution in [0.1, 0.15) is 27.4 Å². The van der Waals surface area contributed by atoms with Gasteiger partial charge in [-0.05, 0) is 45.5 Å². The molecule has 6 rings (SSSR count). The van der Waals surface area contributed by atoms with Gasteiger partial charge >= 0.3 is 0 Å². The summed E-state index contributed by atoms with van der Waals surface area (Å²) < 4.78 is 0. The van der Waals surface area contributed by atoms with Gasteiger partial charge < -0.3 is 4.90 Å². The minimum atomic E-state index is -1.42. The number of benzene rings is 3. The molecule has 0 saturated carbocycles. The second kappa shape index (κ2) is 7.70. The third-order valence-corrected chi connectivity index (χ3v) is 7.79. The highest BCUT2D eigenvalue weighted by Gasteiger charge is 2.63. The summed E-state index contributed by atoms with van der Waals surface area (Å²) in [6.07, 6.45) is 3.92. The summed E-state index contributed by atoms with van der Waals surface area (Å²) in [5, 5.41) is 26.9. The van der Waals surface area contributed by atoms with E-state index in [1.54, 1.807) is 0 Å². The molecule has 2 aliphatic rings. The van der Waals surface area contributed by atoms with Gasteiger partial charge in [-0.2, -0.15) is 21.9 Å². The van der Waals surface area contributed by atoms with Gasteiger partial charge in [0.2, 0.25) is 0 Å². The van der Waals surface area contributed by atoms with Crippen molar-refractivity contribution in [2.45, 2.75) is 18.0 Å². The van der Waals surface area contributed by atoms with E-state index in [2.05, 4.69) is 30.3 Å². The number of hydrogen-bond donors (Lipinski definition) is 0. The van der Waals surface area contributed by atoms with Crippen molar-refractivity contribution in [3.8, 4) is 12.1 Å². The standard InChI is InChI=1S/C29H19N3OS/c30-17-29(18-31)25-11-10-22-14-20-8-4-5-9-21(20)15-24(22)32(25)27(28(33)23-12-13-34-16-23)26(29)19-6-2-1-3-7-19/h1-16,25-27H/t25-,26-,27-/m1/s1. The highest BCUT2D eigenvalue weighted by Crippen LogP contribution is 2.55. The molecule has 0 spiro atoms. The van der Waals surface area contributed by atoms with E-state index in [1.165, 1.54) is 11.3 Å². The maximum Gasteiger partial charge on any atom is 0.186 e. The fourth-order valence-electron chi connectivity index (χ4n) is 5.58. The molecule has 162 valence electrons. The number of nitrogens with zero attached hydrogens (tertiary/aromatic N) is 3. The molecule has 0 radical (unpaired) electrons. The maximum absolute atomic E-state index is 14.1. The molecule has 5 heteroatoms. The van der Waals surface area contributed by atoms with E-state index in [9.17, 15) is 15.3 Å². The van der Waals surface area contributed by atoms with Gasteiger partial charge in [-0.3, -0.25) is 4.79 Å². The number of carbonyl (C=O) groups excluding carboxylic acids is 1. The van der Waals surface area contributed by atoms with Gasteiger partial charge in [0, 0.05) is 22.5 Å². The van der Waals surface area contributed by atoms with Crippen molar-refractivity contribution in [2.24, 2.45) is 5.41 Å².